The Morgan fingerprint density at radius 1 is 1.00 bits per heavy atom. The molecule has 1 aromatic carbocycles. The third-order valence-electron chi connectivity index (χ3n) is 4.80. The molecule has 0 spiro atoms. The Hall–Kier alpha value is -2.89. The molecule has 138 valence electrons. The molecule has 1 heterocycles. The first-order valence-corrected chi connectivity index (χ1v) is 8.25. The standard InChI is InChI=1S/C14H18O4.C6H4O2/c1-7-8(2)12-10(9(3)11(7)15)5-6-14(4,18-12)13(16)17;7-5-1-2-6(8)4-3-5/h15H,5-6H2,1-4H3,(H,16,17);1-4H. The highest BCUT2D eigenvalue weighted by Crippen LogP contribution is 2.43. The second-order valence-electron chi connectivity index (χ2n) is 6.64. The fourth-order valence-electron chi connectivity index (χ4n) is 2.84. The molecule has 0 saturated carbocycles. The number of fused-ring (bicyclic) bond motifs is 1. The van der Waals surface area contributed by atoms with Gasteiger partial charge in [-0.25, -0.2) is 4.79 Å². The van der Waals surface area contributed by atoms with E-state index in [1.54, 1.807) is 6.92 Å². The predicted octanol–water partition coefficient (Wildman–Crippen LogP) is 2.74. The number of carboxylic acids is 1. The molecule has 1 aliphatic heterocycles. The SMILES string of the molecule is Cc1c(C)c2c(c(C)c1O)CCC(C)(C(=O)O)O2.O=C1C=CC(=O)C=C1. The van der Waals surface area contributed by atoms with Crippen LogP contribution in [0.15, 0.2) is 24.3 Å². The molecule has 1 aromatic rings. The van der Waals surface area contributed by atoms with E-state index in [1.165, 1.54) is 24.3 Å². The molecule has 6 heteroatoms. The molecule has 2 N–H and O–H groups in total. The first-order valence-electron chi connectivity index (χ1n) is 8.25. The molecule has 0 radical (unpaired) electrons. The summed E-state index contributed by atoms with van der Waals surface area (Å²) in [4.78, 5) is 31.8. The summed E-state index contributed by atoms with van der Waals surface area (Å²) < 4.78 is 5.72. The summed E-state index contributed by atoms with van der Waals surface area (Å²) >= 11 is 0. The van der Waals surface area contributed by atoms with Gasteiger partial charge in [0.05, 0.1) is 0 Å². The van der Waals surface area contributed by atoms with Gasteiger partial charge in [-0.3, -0.25) is 9.59 Å². The topological polar surface area (TPSA) is 101 Å². The van der Waals surface area contributed by atoms with E-state index >= 15 is 0 Å². The zero-order valence-electron chi connectivity index (χ0n) is 15.3. The maximum atomic E-state index is 11.3. The predicted molar refractivity (Wildman–Crippen MR) is 95.6 cm³/mol. The first-order chi connectivity index (χ1) is 12.1. The van der Waals surface area contributed by atoms with Crippen LogP contribution in [0.4, 0.5) is 0 Å². The van der Waals surface area contributed by atoms with Crippen LogP contribution in [0.5, 0.6) is 11.5 Å². The smallest absolute Gasteiger partial charge is 0.347 e. The number of phenols is 1. The van der Waals surface area contributed by atoms with Crippen LogP contribution in [-0.4, -0.2) is 33.3 Å². The molecular formula is C20H22O6. The number of benzene rings is 1. The van der Waals surface area contributed by atoms with Crippen molar-refractivity contribution in [3.63, 3.8) is 0 Å². The summed E-state index contributed by atoms with van der Waals surface area (Å²) in [5.41, 5.74) is 2.11. The number of ether oxygens (including phenoxy) is 1. The Bertz CT molecular complexity index is 809. The molecular weight excluding hydrogens is 336 g/mol. The Kier molecular flexibility index (Phi) is 5.35. The summed E-state index contributed by atoms with van der Waals surface area (Å²) in [5.74, 6) is -0.280. The van der Waals surface area contributed by atoms with Gasteiger partial charge in [-0.1, -0.05) is 0 Å². The Morgan fingerprint density at radius 3 is 1.96 bits per heavy atom. The number of hydrogen-bond donors (Lipinski definition) is 2. The van der Waals surface area contributed by atoms with Crippen molar-refractivity contribution in [1.82, 2.24) is 0 Å². The maximum absolute atomic E-state index is 11.3. The number of carboxylic acid groups (broad SMARTS) is 1. The molecule has 0 bridgehead atoms. The molecule has 2 aliphatic rings. The molecule has 6 nitrogen and oxygen atoms in total. The van der Waals surface area contributed by atoms with Gasteiger partial charge in [-0.2, -0.15) is 0 Å². The van der Waals surface area contributed by atoms with Gasteiger partial charge >= 0.3 is 5.97 Å². The molecule has 1 aliphatic carbocycles. The summed E-state index contributed by atoms with van der Waals surface area (Å²) in [7, 11) is 0. The number of aliphatic carboxylic acids is 1. The molecule has 0 fully saturated rings. The summed E-state index contributed by atoms with van der Waals surface area (Å²) in [6, 6.07) is 0. The van der Waals surface area contributed by atoms with E-state index in [2.05, 4.69) is 0 Å². The van der Waals surface area contributed by atoms with Crippen molar-refractivity contribution in [3.8, 4) is 11.5 Å². The zero-order valence-corrected chi connectivity index (χ0v) is 15.3. The monoisotopic (exact) mass is 358 g/mol. The molecule has 0 amide bonds. The van der Waals surface area contributed by atoms with Gasteiger partial charge < -0.3 is 14.9 Å². The van der Waals surface area contributed by atoms with Gasteiger partial charge in [0.2, 0.25) is 5.60 Å². The third kappa shape index (κ3) is 3.69. The molecule has 3 rings (SSSR count). The number of rotatable bonds is 1. The zero-order chi connectivity index (χ0) is 19.6. The minimum absolute atomic E-state index is 0.121. The van der Waals surface area contributed by atoms with E-state index < -0.39 is 11.6 Å². The molecule has 26 heavy (non-hydrogen) atoms. The minimum Gasteiger partial charge on any atom is -0.507 e. The minimum atomic E-state index is -1.17. The Labute approximate surface area is 151 Å². The van der Waals surface area contributed by atoms with Crippen LogP contribution in [0, 0.1) is 20.8 Å². The van der Waals surface area contributed by atoms with Crippen molar-refractivity contribution in [2.45, 2.75) is 46.1 Å². The number of hydrogen-bond acceptors (Lipinski definition) is 5. The first kappa shape index (κ1) is 19.4. The summed E-state index contributed by atoms with van der Waals surface area (Å²) in [6.07, 6.45) is 6.03. The van der Waals surface area contributed by atoms with Crippen LogP contribution in [0.1, 0.15) is 35.6 Å². The second-order valence-corrected chi connectivity index (χ2v) is 6.64. The third-order valence-corrected chi connectivity index (χ3v) is 4.80. The molecule has 0 saturated heterocycles. The van der Waals surface area contributed by atoms with Crippen molar-refractivity contribution in [1.29, 1.82) is 0 Å². The van der Waals surface area contributed by atoms with E-state index in [9.17, 15) is 24.6 Å². The van der Waals surface area contributed by atoms with Crippen LogP contribution in [0.3, 0.4) is 0 Å². The van der Waals surface area contributed by atoms with E-state index in [0.29, 0.717) is 18.6 Å². The van der Waals surface area contributed by atoms with Gasteiger partial charge in [0.25, 0.3) is 0 Å². The van der Waals surface area contributed by atoms with E-state index in [0.717, 1.165) is 22.3 Å². The maximum Gasteiger partial charge on any atom is 0.347 e. The van der Waals surface area contributed by atoms with Crippen LogP contribution in [0.25, 0.3) is 0 Å². The number of ketones is 2. The van der Waals surface area contributed by atoms with Crippen molar-refractivity contribution in [3.05, 3.63) is 46.6 Å². The average molecular weight is 358 g/mol. The lowest BCUT2D eigenvalue weighted by atomic mass is 9.87. The van der Waals surface area contributed by atoms with Gasteiger partial charge in [-0.15, -0.1) is 0 Å². The van der Waals surface area contributed by atoms with Crippen molar-refractivity contribution in [2.75, 3.05) is 0 Å². The van der Waals surface area contributed by atoms with Crippen LogP contribution in [-0.2, 0) is 20.8 Å². The highest BCUT2D eigenvalue weighted by Gasteiger charge is 2.40. The molecule has 1 atom stereocenters. The normalized spacial score (nSPS) is 20.8. The molecule has 1 unspecified atom stereocenters. The van der Waals surface area contributed by atoms with Crippen molar-refractivity contribution < 1.29 is 29.3 Å². The largest absolute Gasteiger partial charge is 0.507 e. The number of carbonyl (C=O) groups is 3. The van der Waals surface area contributed by atoms with Crippen molar-refractivity contribution in [2.24, 2.45) is 0 Å². The summed E-state index contributed by atoms with van der Waals surface area (Å²) in [6.45, 7) is 7.09. The highest BCUT2D eigenvalue weighted by molar-refractivity contribution is 6.14. The van der Waals surface area contributed by atoms with E-state index in [1.807, 2.05) is 20.8 Å². The highest BCUT2D eigenvalue weighted by atomic mass is 16.5. The number of carbonyl (C=O) groups excluding carboxylic acids is 2. The fourth-order valence-corrected chi connectivity index (χ4v) is 2.84. The summed E-state index contributed by atoms with van der Waals surface area (Å²) in [5, 5.41) is 19.2. The quantitative estimate of drug-likeness (QED) is 0.749. The second kappa shape index (κ2) is 7.15. The van der Waals surface area contributed by atoms with Gasteiger partial charge in [0.15, 0.2) is 11.6 Å². The lowest BCUT2D eigenvalue weighted by Gasteiger charge is -2.34. The van der Waals surface area contributed by atoms with Crippen LogP contribution >= 0.6 is 0 Å². The van der Waals surface area contributed by atoms with Gasteiger partial charge in [0.1, 0.15) is 11.5 Å². The van der Waals surface area contributed by atoms with Crippen molar-refractivity contribution >= 4 is 17.5 Å². The number of allylic oxidation sites excluding steroid dienone is 4. The average Bonchev–Trinajstić information content (AvgIpc) is 2.61. The van der Waals surface area contributed by atoms with Crippen LogP contribution < -0.4 is 4.74 Å². The fraction of sp³-hybridized carbons (Fsp3) is 0.350. The lowest BCUT2D eigenvalue weighted by Crippen LogP contribution is -2.44. The van der Waals surface area contributed by atoms with E-state index in [4.69, 9.17) is 4.74 Å². The van der Waals surface area contributed by atoms with Crippen LogP contribution in [0.2, 0.25) is 0 Å². The number of phenolic OH excluding ortho intramolecular Hbond substituents is 1. The Morgan fingerprint density at radius 2 is 1.50 bits per heavy atom. The van der Waals surface area contributed by atoms with Gasteiger partial charge in [-0.05, 0) is 75.1 Å². The lowest BCUT2D eigenvalue weighted by molar-refractivity contribution is -0.155. The number of aromatic hydroxyl groups is 1. The molecule has 0 aromatic heterocycles. The Balaban J connectivity index is 0.000000254. The van der Waals surface area contributed by atoms with E-state index in [-0.39, 0.29) is 17.3 Å². The van der Waals surface area contributed by atoms with Gasteiger partial charge in [0, 0.05) is 12.0 Å².